The first kappa shape index (κ1) is 27.9. The van der Waals surface area contributed by atoms with Gasteiger partial charge in [0, 0.05) is 23.8 Å². The molecular weight excluding hydrogens is 464 g/mol. The van der Waals surface area contributed by atoms with Gasteiger partial charge in [0.25, 0.3) is 0 Å². The van der Waals surface area contributed by atoms with Gasteiger partial charge in [-0.05, 0) is 94.5 Å². The van der Waals surface area contributed by atoms with E-state index >= 15 is 0 Å². The van der Waals surface area contributed by atoms with E-state index in [0.29, 0.717) is 36.9 Å². The highest BCUT2D eigenvalue weighted by Crippen LogP contribution is 2.72. The summed E-state index contributed by atoms with van der Waals surface area (Å²) >= 11 is 0. The predicted molar refractivity (Wildman–Crippen MR) is 145 cm³/mol. The Kier molecular flexibility index (Phi) is 7.20. The van der Waals surface area contributed by atoms with Crippen LogP contribution in [0.1, 0.15) is 93.4 Å². The van der Waals surface area contributed by atoms with Crippen LogP contribution in [0.3, 0.4) is 0 Å². The van der Waals surface area contributed by atoms with Gasteiger partial charge in [-0.25, -0.2) is 4.79 Å². The third-order valence-electron chi connectivity index (χ3n) is 10.8. The summed E-state index contributed by atoms with van der Waals surface area (Å²) in [5.41, 5.74) is 4.29. The summed E-state index contributed by atoms with van der Waals surface area (Å²) in [5, 5.41) is 11.1. The molecule has 5 nitrogen and oxygen atoms in total. The van der Waals surface area contributed by atoms with Gasteiger partial charge in [0.1, 0.15) is 0 Å². The topological polar surface area (TPSA) is 72.8 Å². The standard InChI is InChI=1S/C32H46O5/c1-9-36-27(33)14-15-29(7)24(20(2)3)10-11-26-25(29)13-17-32(26)22(5)12-16-30(32,8)23(6)19-31(35)18-21(4)28(34)37-31/h11-12,18,23-25,35H,2,9-10,13-17,19H2,1,3-8H3. The Morgan fingerprint density at radius 2 is 2.00 bits per heavy atom. The van der Waals surface area contributed by atoms with E-state index < -0.39 is 11.8 Å². The van der Waals surface area contributed by atoms with Crippen molar-refractivity contribution in [3.8, 4) is 0 Å². The molecule has 0 aromatic heterocycles. The molecule has 4 aliphatic rings. The molecule has 1 fully saturated rings. The number of hydrogen-bond donors (Lipinski definition) is 1. The van der Waals surface area contributed by atoms with Gasteiger partial charge in [-0.3, -0.25) is 4.79 Å². The van der Waals surface area contributed by atoms with E-state index in [2.05, 4.69) is 53.3 Å². The van der Waals surface area contributed by atoms with E-state index in [-0.39, 0.29) is 28.1 Å². The van der Waals surface area contributed by atoms with Crippen molar-refractivity contribution < 1.29 is 24.2 Å². The van der Waals surface area contributed by atoms with E-state index in [1.54, 1.807) is 13.0 Å². The second kappa shape index (κ2) is 9.55. The van der Waals surface area contributed by atoms with Crippen LogP contribution in [0.4, 0.5) is 0 Å². The molecule has 0 aromatic rings. The van der Waals surface area contributed by atoms with E-state index in [9.17, 15) is 14.7 Å². The first-order chi connectivity index (χ1) is 17.2. The van der Waals surface area contributed by atoms with Crippen LogP contribution in [0.5, 0.6) is 0 Å². The molecule has 0 aromatic carbocycles. The largest absolute Gasteiger partial charge is 0.466 e. The zero-order valence-electron chi connectivity index (χ0n) is 23.9. The Morgan fingerprint density at radius 1 is 1.30 bits per heavy atom. The molecule has 0 amide bonds. The number of allylic oxidation sites excluding steroid dienone is 5. The molecule has 7 atom stereocenters. The van der Waals surface area contributed by atoms with Crippen molar-refractivity contribution in [2.45, 2.75) is 99.2 Å². The molecule has 0 radical (unpaired) electrons. The molecular formula is C32H46O5. The number of hydrogen-bond acceptors (Lipinski definition) is 5. The van der Waals surface area contributed by atoms with Crippen LogP contribution in [0.15, 0.2) is 47.1 Å². The monoisotopic (exact) mass is 510 g/mol. The Bertz CT molecular complexity index is 1080. The molecule has 1 spiro atoms. The van der Waals surface area contributed by atoms with E-state index in [4.69, 9.17) is 9.47 Å². The molecule has 7 unspecified atom stereocenters. The van der Waals surface area contributed by atoms with Crippen LogP contribution in [0, 0.1) is 34.0 Å². The Morgan fingerprint density at radius 3 is 2.59 bits per heavy atom. The van der Waals surface area contributed by atoms with Crippen molar-refractivity contribution in [1.82, 2.24) is 0 Å². The average molecular weight is 511 g/mol. The lowest BCUT2D eigenvalue weighted by Gasteiger charge is -2.53. The van der Waals surface area contributed by atoms with Gasteiger partial charge in [-0.2, -0.15) is 0 Å². The minimum atomic E-state index is -1.54. The van der Waals surface area contributed by atoms with Crippen molar-refractivity contribution in [2.75, 3.05) is 6.61 Å². The summed E-state index contributed by atoms with van der Waals surface area (Å²) in [6.07, 6.45) is 12.0. The lowest BCUT2D eigenvalue weighted by atomic mass is 9.50. The third-order valence-corrected chi connectivity index (χ3v) is 10.8. The number of cyclic esters (lactones) is 1. The van der Waals surface area contributed by atoms with Crippen molar-refractivity contribution in [3.63, 3.8) is 0 Å². The van der Waals surface area contributed by atoms with E-state index in [1.165, 1.54) is 16.7 Å². The van der Waals surface area contributed by atoms with Crippen LogP contribution in [0.2, 0.25) is 0 Å². The lowest BCUT2D eigenvalue weighted by molar-refractivity contribution is -0.187. The van der Waals surface area contributed by atoms with E-state index in [0.717, 1.165) is 32.1 Å². The van der Waals surface area contributed by atoms with Gasteiger partial charge in [-0.15, -0.1) is 0 Å². The summed E-state index contributed by atoms with van der Waals surface area (Å²) < 4.78 is 10.7. The normalized spacial score (nSPS) is 39.6. The Balaban J connectivity index is 1.69. The highest BCUT2D eigenvalue weighted by Gasteiger charge is 2.64. The summed E-state index contributed by atoms with van der Waals surface area (Å²) in [6.45, 7) is 19.7. The maximum absolute atomic E-state index is 12.4. The third kappa shape index (κ3) is 4.26. The smallest absolute Gasteiger partial charge is 0.336 e. The molecule has 204 valence electrons. The SMILES string of the molecule is C=C(C)C1CC=C2C(CCC23C(C)=CCC3(C)C(C)CC2(O)C=C(C)C(=O)O2)C1(C)CCC(=O)OCC. The van der Waals surface area contributed by atoms with Crippen LogP contribution in [-0.4, -0.2) is 29.4 Å². The fourth-order valence-electron chi connectivity index (χ4n) is 8.69. The second-order valence-electron chi connectivity index (χ2n) is 12.8. The zero-order valence-corrected chi connectivity index (χ0v) is 23.9. The van der Waals surface area contributed by atoms with Crippen molar-refractivity contribution in [1.29, 1.82) is 0 Å². The van der Waals surface area contributed by atoms with E-state index in [1.807, 2.05) is 6.92 Å². The van der Waals surface area contributed by atoms with Crippen molar-refractivity contribution in [3.05, 3.63) is 47.1 Å². The molecule has 1 saturated carbocycles. The number of aliphatic hydroxyl groups is 1. The van der Waals surface area contributed by atoms with Crippen molar-refractivity contribution in [2.24, 2.45) is 34.0 Å². The average Bonchev–Trinajstić information content (AvgIpc) is 3.42. The number of fused-ring (bicyclic) bond motifs is 2. The minimum Gasteiger partial charge on any atom is -0.466 e. The molecule has 1 N–H and O–H groups in total. The Hall–Kier alpha value is -2.14. The highest BCUT2D eigenvalue weighted by molar-refractivity contribution is 5.90. The number of rotatable bonds is 8. The maximum Gasteiger partial charge on any atom is 0.336 e. The van der Waals surface area contributed by atoms with Gasteiger partial charge in [0.2, 0.25) is 5.79 Å². The summed E-state index contributed by atoms with van der Waals surface area (Å²) in [7, 11) is 0. The van der Waals surface area contributed by atoms with Gasteiger partial charge in [0.05, 0.1) is 6.61 Å². The molecule has 1 aliphatic heterocycles. The Labute approximate surface area is 223 Å². The minimum absolute atomic E-state index is 0.0712. The van der Waals surface area contributed by atoms with Crippen LogP contribution in [-0.2, 0) is 19.1 Å². The molecule has 0 saturated heterocycles. The van der Waals surface area contributed by atoms with Crippen LogP contribution >= 0.6 is 0 Å². The number of esters is 2. The number of carbonyl (C=O) groups is 2. The molecule has 37 heavy (non-hydrogen) atoms. The van der Waals surface area contributed by atoms with Crippen LogP contribution < -0.4 is 0 Å². The maximum atomic E-state index is 12.4. The quantitative estimate of drug-likeness (QED) is 0.286. The molecule has 3 aliphatic carbocycles. The predicted octanol–water partition coefficient (Wildman–Crippen LogP) is 6.83. The molecule has 5 heteroatoms. The second-order valence-corrected chi connectivity index (χ2v) is 12.8. The number of carbonyl (C=O) groups excluding carboxylic acids is 2. The molecule has 4 rings (SSSR count). The fraction of sp³-hybridized carbons (Fsp3) is 0.688. The molecule has 0 bridgehead atoms. The first-order valence-electron chi connectivity index (χ1n) is 14.1. The fourth-order valence-corrected chi connectivity index (χ4v) is 8.69. The summed E-state index contributed by atoms with van der Waals surface area (Å²) in [6, 6.07) is 0. The summed E-state index contributed by atoms with van der Waals surface area (Å²) in [4.78, 5) is 24.5. The van der Waals surface area contributed by atoms with Gasteiger partial charge < -0.3 is 14.6 Å². The van der Waals surface area contributed by atoms with Gasteiger partial charge in [-0.1, -0.05) is 56.2 Å². The number of ether oxygens (including phenoxy) is 2. The highest BCUT2D eigenvalue weighted by atomic mass is 16.7. The van der Waals surface area contributed by atoms with Gasteiger partial charge in [0.15, 0.2) is 0 Å². The van der Waals surface area contributed by atoms with Crippen molar-refractivity contribution >= 4 is 11.9 Å². The summed E-state index contributed by atoms with van der Waals surface area (Å²) in [5.74, 6) is -1.31. The zero-order chi connectivity index (χ0) is 27.4. The lowest BCUT2D eigenvalue weighted by Crippen LogP contribution is -2.47. The first-order valence-corrected chi connectivity index (χ1v) is 14.1. The van der Waals surface area contributed by atoms with Crippen LogP contribution in [0.25, 0.3) is 0 Å². The molecule has 1 heterocycles. The van der Waals surface area contributed by atoms with Gasteiger partial charge >= 0.3 is 11.9 Å².